The summed E-state index contributed by atoms with van der Waals surface area (Å²) in [4.78, 5) is 16.8. The minimum absolute atomic E-state index is 0.122. The van der Waals surface area contributed by atoms with E-state index in [1.807, 2.05) is 36.4 Å². The van der Waals surface area contributed by atoms with Crippen molar-refractivity contribution in [2.24, 2.45) is 0 Å². The lowest BCUT2D eigenvalue weighted by atomic mass is 10.1. The van der Waals surface area contributed by atoms with Crippen LogP contribution >= 0.6 is 0 Å². The first-order valence-corrected chi connectivity index (χ1v) is 6.54. The van der Waals surface area contributed by atoms with E-state index in [-0.39, 0.29) is 12.1 Å². The van der Waals surface area contributed by atoms with Gasteiger partial charge < -0.3 is 5.11 Å². The van der Waals surface area contributed by atoms with E-state index >= 15 is 0 Å². The molecule has 0 amide bonds. The SMILES string of the molecule is CC(C)(O)Cn1cnc2cc3ccccc3cc2c1=O. The van der Waals surface area contributed by atoms with Crippen molar-refractivity contribution in [3.05, 3.63) is 53.1 Å². The summed E-state index contributed by atoms with van der Waals surface area (Å²) in [5.74, 6) is 0. The Morgan fingerprint density at radius 1 is 1.20 bits per heavy atom. The van der Waals surface area contributed by atoms with Gasteiger partial charge in [-0.2, -0.15) is 0 Å². The molecule has 2 aromatic carbocycles. The van der Waals surface area contributed by atoms with Gasteiger partial charge in [0.05, 0.1) is 29.4 Å². The van der Waals surface area contributed by atoms with Gasteiger partial charge in [-0.15, -0.1) is 0 Å². The van der Waals surface area contributed by atoms with Crippen LogP contribution in [0.25, 0.3) is 21.7 Å². The number of hydrogen-bond acceptors (Lipinski definition) is 3. The van der Waals surface area contributed by atoms with Crippen LogP contribution in [0.4, 0.5) is 0 Å². The molecule has 102 valence electrons. The average Bonchev–Trinajstić information content (AvgIpc) is 2.39. The van der Waals surface area contributed by atoms with Crippen molar-refractivity contribution in [3.63, 3.8) is 0 Å². The van der Waals surface area contributed by atoms with E-state index < -0.39 is 5.60 Å². The molecule has 0 radical (unpaired) electrons. The molecule has 0 spiro atoms. The summed E-state index contributed by atoms with van der Waals surface area (Å²) in [5, 5.41) is 12.5. The van der Waals surface area contributed by atoms with Crippen LogP contribution in [0, 0.1) is 0 Å². The van der Waals surface area contributed by atoms with Crippen molar-refractivity contribution in [2.75, 3.05) is 0 Å². The van der Waals surface area contributed by atoms with E-state index in [9.17, 15) is 9.90 Å². The highest BCUT2D eigenvalue weighted by atomic mass is 16.3. The lowest BCUT2D eigenvalue weighted by Crippen LogP contribution is -2.32. The first-order valence-electron chi connectivity index (χ1n) is 6.54. The van der Waals surface area contributed by atoms with Crippen molar-refractivity contribution >= 4 is 21.7 Å². The Labute approximate surface area is 116 Å². The molecule has 4 nitrogen and oxygen atoms in total. The Morgan fingerprint density at radius 2 is 1.85 bits per heavy atom. The topological polar surface area (TPSA) is 55.1 Å². The predicted molar refractivity (Wildman–Crippen MR) is 79.8 cm³/mol. The summed E-state index contributed by atoms with van der Waals surface area (Å²) in [7, 11) is 0. The van der Waals surface area contributed by atoms with Gasteiger partial charge in [0.1, 0.15) is 0 Å². The molecule has 0 saturated carbocycles. The van der Waals surface area contributed by atoms with Gasteiger partial charge in [-0.05, 0) is 36.8 Å². The van der Waals surface area contributed by atoms with E-state index in [2.05, 4.69) is 4.98 Å². The number of rotatable bonds is 2. The third kappa shape index (κ3) is 2.30. The molecule has 1 aromatic heterocycles. The number of aliphatic hydroxyl groups is 1. The van der Waals surface area contributed by atoms with Gasteiger partial charge in [-0.1, -0.05) is 24.3 Å². The molecule has 1 N–H and O–H groups in total. The van der Waals surface area contributed by atoms with E-state index in [1.165, 1.54) is 10.9 Å². The first-order chi connectivity index (χ1) is 9.44. The lowest BCUT2D eigenvalue weighted by Gasteiger charge is -2.18. The minimum atomic E-state index is -0.948. The summed E-state index contributed by atoms with van der Waals surface area (Å²) in [6.45, 7) is 3.57. The number of benzene rings is 2. The van der Waals surface area contributed by atoms with Crippen LogP contribution in [0.15, 0.2) is 47.5 Å². The maximum Gasteiger partial charge on any atom is 0.261 e. The number of hydrogen-bond donors (Lipinski definition) is 1. The van der Waals surface area contributed by atoms with Crippen LogP contribution in [0.1, 0.15) is 13.8 Å². The Bertz CT molecular complexity index is 844. The fourth-order valence-corrected chi connectivity index (χ4v) is 2.37. The highest BCUT2D eigenvalue weighted by molar-refractivity contribution is 5.95. The van der Waals surface area contributed by atoms with Crippen LogP contribution in [0.3, 0.4) is 0 Å². The molecule has 0 bridgehead atoms. The van der Waals surface area contributed by atoms with Gasteiger partial charge >= 0.3 is 0 Å². The molecule has 0 atom stereocenters. The van der Waals surface area contributed by atoms with Crippen molar-refractivity contribution in [1.29, 1.82) is 0 Å². The fraction of sp³-hybridized carbons (Fsp3) is 0.250. The molecular formula is C16H16N2O2. The molecule has 0 fully saturated rings. The fourth-order valence-electron chi connectivity index (χ4n) is 2.37. The Hall–Kier alpha value is -2.20. The zero-order valence-electron chi connectivity index (χ0n) is 11.5. The van der Waals surface area contributed by atoms with Gasteiger partial charge in [0.25, 0.3) is 5.56 Å². The van der Waals surface area contributed by atoms with Crippen LogP contribution in [-0.4, -0.2) is 20.3 Å². The smallest absolute Gasteiger partial charge is 0.261 e. The third-order valence-electron chi connectivity index (χ3n) is 3.25. The van der Waals surface area contributed by atoms with Crippen LogP contribution < -0.4 is 5.56 Å². The Kier molecular flexibility index (Phi) is 2.83. The van der Waals surface area contributed by atoms with Crippen molar-refractivity contribution < 1.29 is 5.11 Å². The van der Waals surface area contributed by atoms with Gasteiger partial charge in [0.15, 0.2) is 0 Å². The number of nitrogens with zero attached hydrogens (tertiary/aromatic N) is 2. The van der Waals surface area contributed by atoms with E-state index in [0.717, 1.165) is 10.8 Å². The monoisotopic (exact) mass is 268 g/mol. The molecule has 3 aromatic rings. The highest BCUT2D eigenvalue weighted by Crippen LogP contribution is 2.19. The van der Waals surface area contributed by atoms with E-state index in [1.54, 1.807) is 13.8 Å². The van der Waals surface area contributed by atoms with Gasteiger partial charge in [0.2, 0.25) is 0 Å². The molecule has 0 saturated heterocycles. The van der Waals surface area contributed by atoms with Gasteiger partial charge in [0, 0.05) is 0 Å². The molecule has 0 aliphatic carbocycles. The predicted octanol–water partition coefficient (Wildman–Crippen LogP) is 2.32. The maximum atomic E-state index is 12.5. The quantitative estimate of drug-likeness (QED) is 0.726. The summed E-state index contributed by atoms with van der Waals surface area (Å²) in [5.41, 5.74) is -0.390. The van der Waals surface area contributed by atoms with E-state index in [4.69, 9.17) is 0 Å². The number of aromatic nitrogens is 2. The Balaban J connectivity index is 2.26. The minimum Gasteiger partial charge on any atom is -0.389 e. The molecule has 3 rings (SSSR count). The second kappa shape index (κ2) is 4.42. The maximum absolute atomic E-state index is 12.5. The molecule has 4 heteroatoms. The third-order valence-corrected chi connectivity index (χ3v) is 3.25. The summed E-state index contributed by atoms with van der Waals surface area (Å²) < 4.78 is 1.46. The molecule has 0 aliphatic rings. The molecule has 0 unspecified atom stereocenters. The standard InChI is InChI=1S/C16H16N2O2/c1-16(2,20)9-18-10-17-14-8-12-6-4-3-5-11(12)7-13(14)15(18)19/h3-8,10,20H,9H2,1-2H3. The zero-order valence-corrected chi connectivity index (χ0v) is 11.5. The summed E-state index contributed by atoms with van der Waals surface area (Å²) in [6, 6.07) is 11.7. The Morgan fingerprint density at radius 3 is 2.50 bits per heavy atom. The summed E-state index contributed by atoms with van der Waals surface area (Å²) >= 11 is 0. The second-order valence-electron chi connectivity index (χ2n) is 5.71. The molecule has 20 heavy (non-hydrogen) atoms. The highest BCUT2D eigenvalue weighted by Gasteiger charge is 2.15. The van der Waals surface area contributed by atoms with Crippen LogP contribution in [0.2, 0.25) is 0 Å². The molecule has 1 heterocycles. The van der Waals surface area contributed by atoms with Crippen molar-refractivity contribution in [1.82, 2.24) is 9.55 Å². The molecular weight excluding hydrogens is 252 g/mol. The normalized spacial score (nSPS) is 12.2. The van der Waals surface area contributed by atoms with Gasteiger partial charge in [-0.3, -0.25) is 9.36 Å². The van der Waals surface area contributed by atoms with Gasteiger partial charge in [-0.25, -0.2) is 4.98 Å². The average molecular weight is 268 g/mol. The first kappa shape index (κ1) is 12.8. The largest absolute Gasteiger partial charge is 0.389 e. The molecule has 0 aliphatic heterocycles. The summed E-state index contributed by atoms with van der Waals surface area (Å²) in [6.07, 6.45) is 1.50. The van der Waals surface area contributed by atoms with Crippen molar-refractivity contribution in [2.45, 2.75) is 26.0 Å². The van der Waals surface area contributed by atoms with Crippen LogP contribution in [0.5, 0.6) is 0 Å². The van der Waals surface area contributed by atoms with Crippen LogP contribution in [-0.2, 0) is 6.54 Å². The van der Waals surface area contributed by atoms with E-state index in [0.29, 0.717) is 10.9 Å². The lowest BCUT2D eigenvalue weighted by molar-refractivity contribution is 0.0603. The van der Waals surface area contributed by atoms with Crippen molar-refractivity contribution in [3.8, 4) is 0 Å². The number of fused-ring (bicyclic) bond motifs is 2. The zero-order chi connectivity index (χ0) is 14.3. The second-order valence-corrected chi connectivity index (χ2v) is 5.71.